The van der Waals surface area contributed by atoms with Crippen LogP contribution in [0, 0.1) is 18.3 Å². The van der Waals surface area contributed by atoms with E-state index < -0.39 is 0 Å². The minimum Gasteiger partial charge on any atom is -0.245 e. The van der Waals surface area contributed by atoms with Gasteiger partial charge in [-0.25, -0.2) is 4.98 Å². The summed E-state index contributed by atoms with van der Waals surface area (Å²) < 4.78 is 0. The van der Waals surface area contributed by atoms with Crippen molar-refractivity contribution in [1.82, 2.24) is 4.98 Å². The second-order valence-electron chi connectivity index (χ2n) is 3.45. The van der Waals surface area contributed by atoms with E-state index in [0.717, 1.165) is 10.6 Å². The second kappa shape index (κ2) is 5.22. The van der Waals surface area contributed by atoms with E-state index in [2.05, 4.69) is 11.1 Å². The van der Waals surface area contributed by atoms with Crippen molar-refractivity contribution in [2.75, 3.05) is 0 Å². The fourth-order valence-corrected chi connectivity index (χ4v) is 2.51. The predicted octanol–water partition coefficient (Wildman–Crippen LogP) is 4.07. The van der Waals surface area contributed by atoms with Crippen molar-refractivity contribution in [2.45, 2.75) is 16.8 Å². The Hall–Kier alpha value is -1.50. The summed E-state index contributed by atoms with van der Waals surface area (Å²) in [5, 5.41) is 10.4. The van der Waals surface area contributed by atoms with Crippen LogP contribution in [0.15, 0.2) is 46.3 Å². The van der Waals surface area contributed by atoms with Crippen LogP contribution in [0.5, 0.6) is 0 Å². The van der Waals surface area contributed by atoms with Gasteiger partial charge in [0.2, 0.25) is 0 Å². The van der Waals surface area contributed by atoms with Crippen molar-refractivity contribution in [1.29, 1.82) is 5.26 Å². The van der Waals surface area contributed by atoms with Crippen LogP contribution in [0.1, 0.15) is 11.3 Å². The first-order valence-corrected chi connectivity index (χ1v) is 6.20. The van der Waals surface area contributed by atoms with Gasteiger partial charge in [-0.1, -0.05) is 35.5 Å². The zero-order valence-electron chi connectivity index (χ0n) is 9.14. The number of aromatic nitrogens is 1. The molecule has 4 heteroatoms. The number of nitrogens with zero attached hydrogens (tertiary/aromatic N) is 2. The van der Waals surface area contributed by atoms with Crippen LogP contribution in [-0.2, 0) is 0 Å². The number of hydrogen-bond acceptors (Lipinski definition) is 3. The maximum absolute atomic E-state index is 9.02. The number of pyridine rings is 1. The Morgan fingerprint density at radius 2 is 2.00 bits per heavy atom. The molecule has 0 atom stereocenters. The molecule has 84 valence electrons. The Morgan fingerprint density at radius 1 is 1.24 bits per heavy atom. The molecule has 2 aromatic rings. The summed E-state index contributed by atoms with van der Waals surface area (Å²) in [5.41, 5.74) is 1.46. The highest BCUT2D eigenvalue weighted by Gasteiger charge is 2.08. The lowest BCUT2D eigenvalue weighted by Gasteiger charge is -2.05. The zero-order chi connectivity index (χ0) is 12.3. The third-order valence-electron chi connectivity index (χ3n) is 2.16. The van der Waals surface area contributed by atoms with Crippen molar-refractivity contribution in [3.63, 3.8) is 0 Å². The van der Waals surface area contributed by atoms with Crippen molar-refractivity contribution in [2.24, 2.45) is 0 Å². The van der Waals surface area contributed by atoms with E-state index in [1.165, 1.54) is 11.8 Å². The van der Waals surface area contributed by atoms with Crippen LogP contribution in [0.3, 0.4) is 0 Å². The van der Waals surface area contributed by atoms with Crippen molar-refractivity contribution in [3.8, 4) is 6.07 Å². The maximum Gasteiger partial charge on any atom is 0.119 e. The summed E-state index contributed by atoms with van der Waals surface area (Å²) in [6.07, 6.45) is 0. The number of benzene rings is 1. The van der Waals surface area contributed by atoms with E-state index in [0.29, 0.717) is 15.6 Å². The lowest BCUT2D eigenvalue weighted by molar-refractivity contribution is 1.05. The molecule has 0 amide bonds. The molecule has 2 rings (SSSR count). The van der Waals surface area contributed by atoms with Crippen molar-refractivity contribution < 1.29 is 0 Å². The third-order valence-corrected chi connectivity index (χ3v) is 3.69. The molecule has 0 aliphatic carbocycles. The molecule has 0 N–H and O–H groups in total. The Morgan fingerprint density at radius 3 is 2.71 bits per heavy atom. The Balaban J connectivity index is 2.40. The van der Waals surface area contributed by atoms with Crippen molar-refractivity contribution in [3.05, 3.63) is 52.7 Å². The van der Waals surface area contributed by atoms with Gasteiger partial charge in [-0.05, 0) is 31.2 Å². The standard InChI is InChI=1S/C13H9ClN2S/c1-9-6-7-10(8-15)13(16-9)17-12-5-3-2-4-11(12)14/h2-7H,1H3. The van der Waals surface area contributed by atoms with E-state index in [1.807, 2.05) is 37.3 Å². The molecule has 0 saturated carbocycles. The Labute approximate surface area is 109 Å². The highest BCUT2D eigenvalue weighted by Crippen LogP contribution is 2.33. The van der Waals surface area contributed by atoms with Gasteiger partial charge < -0.3 is 0 Å². The number of hydrogen-bond donors (Lipinski definition) is 0. The fourth-order valence-electron chi connectivity index (χ4n) is 1.33. The molecular formula is C13H9ClN2S. The molecule has 1 aromatic carbocycles. The van der Waals surface area contributed by atoms with Crippen LogP contribution < -0.4 is 0 Å². The van der Waals surface area contributed by atoms with Gasteiger partial charge in [0.1, 0.15) is 11.1 Å². The lowest BCUT2D eigenvalue weighted by atomic mass is 10.3. The molecule has 0 saturated heterocycles. The van der Waals surface area contributed by atoms with Gasteiger partial charge in [0.15, 0.2) is 0 Å². The third kappa shape index (κ3) is 2.79. The van der Waals surface area contributed by atoms with E-state index in [9.17, 15) is 0 Å². The SMILES string of the molecule is Cc1ccc(C#N)c(Sc2ccccc2Cl)n1. The van der Waals surface area contributed by atoms with E-state index in [4.69, 9.17) is 16.9 Å². The fraction of sp³-hybridized carbons (Fsp3) is 0.0769. The van der Waals surface area contributed by atoms with Gasteiger partial charge in [-0.15, -0.1) is 0 Å². The number of rotatable bonds is 2. The molecule has 0 radical (unpaired) electrons. The molecule has 0 fully saturated rings. The minimum absolute atomic E-state index is 0.570. The lowest BCUT2D eigenvalue weighted by Crippen LogP contribution is -1.89. The van der Waals surface area contributed by atoms with E-state index >= 15 is 0 Å². The molecule has 0 bridgehead atoms. The average molecular weight is 261 g/mol. The summed E-state index contributed by atoms with van der Waals surface area (Å²) in [4.78, 5) is 5.27. The molecule has 2 nitrogen and oxygen atoms in total. The molecule has 0 aliphatic rings. The van der Waals surface area contributed by atoms with Gasteiger partial charge in [-0.2, -0.15) is 5.26 Å². The second-order valence-corrected chi connectivity index (χ2v) is 4.89. The monoisotopic (exact) mass is 260 g/mol. The maximum atomic E-state index is 9.02. The van der Waals surface area contributed by atoms with Gasteiger partial charge in [-0.3, -0.25) is 0 Å². The summed E-state index contributed by atoms with van der Waals surface area (Å²) in [6, 6.07) is 13.3. The van der Waals surface area contributed by atoms with Gasteiger partial charge in [0.25, 0.3) is 0 Å². The highest BCUT2D eigenvalue weighted by molar-refractivity contribution is 7.99. The molecule has 0 unspecified atom stereocenters. The zero-order valence-corrected chi connectivity index (χ0v) is 10.7. The first kappa shape index (κ1) is 12.0. The summed E-state index contributed by atoms with van der Waals surface area (Å²) in [7, 11) is 0. The summed E-state index contributed by atoms with van der Waals surface area (Å²) in [6.45, 7) is 1.90. The first-order valence-electron chi connectivity index (χ1n) is 5.01. The van der Waals surface area contributed by atoms with Crippen LogP contribution in [0.2, 0.25) is 5.02 Å². The van der Waals surface area contributed by atoms with Gasteiger partial charge >= 0.3 is 0 Å². The quantitative estimate of drug-likeness (QED) is 0.817. The van der Waals surface area contributed by atoms with Gasteiger partial charge in [0.05, 0.1) is 10.6 Å². The van der Waals surface area contributed by atoms with Crippen LogP contribution in [0.4, 0.5) is 0 Å². The van der Waals surface area contributed by atoms with Crippen LogP contribution >= 0.6 is 23.4 Å². The molecular weight excluding hydrogens is 252 g/mol. The van der Waals surface area contributed by atoms with E-state index in [1.54, 1.807) is 6.07 Å². The summed E-state index contributed by atoms with van der Waals surface area (Å²) in [5.74, 6) is 0. The number of halogens is 1. The molecule has 0 spiro atoms. The molecule has 1 heterocycles. The number of aryl methyl sites for hydroxylation is 1. The van der Waals surface area contributed by atoms with Crippen LogP contribution in [0.25, 0.3) is 0 Å². The first-order chi connectivity index (χ1) is 8.20. The smallest absolute Gasteiger partial charge is 0.119 e. The molecule has 1 aromatic heterocycles. The van der Waals surface area contributed by atoms with Crippen molar-refractivity contribution >= 4 is 23.4 Å². The predicted molar refractivity (Wildman–Crippen MR) is 69.3 cm³/mol. The van der Waals surface area contributed by atoms with Gasteiger partial charge in [0, 0.05) is 10.6 Å². The molecule has 0 aliphatic heterocycles. The highest BCUT2D eigenvalue weighted by atomic mass is 35.5. The van der Waals surface area contributed by atoms with Crippen LogP contribution in [-0.4, -0.2) is 4.98 Å². The average Bonchev–Trinajstić information content (AvgIpc) is 2.32. The topological polar surface area (TPSA) is 36.7 Å². The Bertz CT molecular complexity index is 590. The van der Waals surface area contributed by atoms with E-state index in [-0.39, 0.29) is 0 Å². The largest absolute Gasteiger partial charge is 0.245 e. The molecule has 17 heavy (non-hydrogen) atoms. The normalized spacial score (nSPS) is 9.94. The Kier molecular flexibility index (Phi) is 3.68. The summed E-state index contributed by atoms with van der Waals surface area (Å²) >= 11 is 7.49. The number of nitriles is 1. The minimum atomic E-state index is 0.570.